The first-order valence-electron chi connectivity index (χ1n) is 4.34. The summed E-state index contributed by atoms with van der Waals surface area (Å²) in [5.41, 5.74) is 3.16. The first-order valence-corrected chi connectivity index (χ1v) is 5.09. The van der Waals surface area contributed by atoms with Gasteiger partial charge in [0.1, 0.15) is 0 Å². The van der Waals surface area contributed by atoms with Gasteiger partial charge in [-0.15, -0.1) is 0 Å². The van der Waals surface area contributed by atoms with Crippen molar-refractivity contribution in [1.29, 1.82) is 0 Å². The molecule has 0 N–H and O–H groups in total. The second kappa shape index (κ2) is 3.76. The van der Waals surface area contributed by atoms with Gasteiger partial charge in [0.25, 0.3) is 0 Å². The molecular formula is C11H9Cl2N. The van der Waals surface area contributed by atoms with Crippen LogP contribution in [0.2, 0.25) is 10.0 Å². The zero-order valence-corrected chi connectivity index (χ0v) is 9.23. The average molecular weight is 226 g/mol. The Morgan fingerprint density at radius 1 is 1.29 bits per heavy atom. The molecule has 2 rings (SSSR count). The van der Waals surface area contributed by atoms with Gasteiger partial charge in [-0.05, 0) is 36.8 Å². The Bertz CT molecular complexity index is 433. The molecule has 0 aliphatic carbocycles. The maximum atomic E-state index is 6.06. The molecule has 1 aliphatic rings. The van der Waals surface area contributed by atoms with Crippen LogP contribution >= 0.6 is 23.2 Å². The Hall–Kier alpha value is -0.790. The van der Waals surface area contributed by atoms with E-state index in [2.05, 4.69) is 18.0 Å². The van der Waals surface area contributed by atoms with Crippen LogP contribution in [-0.4, -0.2) is 12.3 Å². The van der Waals surface area contributed by atoms with E-state index in [0.717, 1.165) is 17.8 Å². The lowest BCUT2D eigenvalue weighted by atomic mass is 10.1. The van der Waals surface area contributed by atoms with E-state index in [-0.39, 0.29) is 0 Å². The molecule has 1 nitrogen and oxygen atoms in total. The molecule has 72 valence electrons. The molecule has 0 radical (unpaired) electrons. The van der Waals surface area contributed by atoms with E-state index in [4.69, 9.17) is 23.2 Å². The van der Waals surface area contributed by atoms with Crippen molar-refractivity contribution in [2.24, 2.45) is 4.99 Å². The highest BCUT2D eigenvalue weighted by Crippen LogP contribution is 2.23. The van der Waals surface area contributed by atoms with Crippen molar-refractivity contribution >= 4 is 28.9 Å². The number of allylic oxidation sites excluding steroid dienone is 1. The van der Waals surface area contributed by atoms with E-state index in [1.54, 1.807) is 6.07 Å². The fraction of sp³-hybridized carbons (Fsp3) is 0.182. The number of hydrogen-bond acceptors (Lipinski definition) is 1. The molecule has 0 saturated heterocycles. The largest absolute Gasteiger partial charge is 0.280 e. The summed E-state index contributed by atoms with van der Waals surface area (Å²) in [6.45, 7) is 2.83. The topological polar surface area (TPSA) is 12.4 Å². The SMILES string of the molecule is CC1=CC(c2ccc(Cl)cc2Cl)=NC1. The van der Waals surface area contributed by atoms with Crippen molar-refractivity contribution in [3.63, 3.8) is 0 Å². The fourth-order valence-corrected chi connectivity index (χ4v) is 1.90. The lowest BCUT2D eigenvalue weighted by Gasteiger charge is -2.02. The van der Waals surface area contributed by atoms with Gasteiger partial charge in [0, 0.05) is 10.6 Å². The van der Waals surface area contributed by atoms with Gasteiger partial charge in [-0.2, -0.15) is 0 Å². The van der Waals surface area contributed by atoms with Crippen LogP contribution in [0.1, 0.15) is 12.5 Å². The maximum absolute atomic E-state index is 6.06. The Kier molecular flexibility index (Phi) is 2.62. The molecule has 3 heteroatoms. The van der Waals surface area contributed by atoms with E-state index in [9.17, 15) is 0 Å². The monoisotopic (exact) mass is 225 g/mol. The van der Waals surface area contributed by atoms with Gasteiger partial charge in [0.05, 0.1) is 17.3 Å². The van der Waals surface area contributed by atoms with Gasteiger partial charge in [-0.25, -0.2) is 0 Å². The van der Waals surface area contributed by atoms with Crippen LogP contribution < -0.4 is 0 Å². The Morgan fingerprint density at radius 2 is 2.07 bits per heavy atom. The summed E-state index contributed by atoms with van der Waals surface area (Å²) in [5, 5.41) is 1.31. The fourth-order valence-electron chi connectivity index (χ4n) is 1.39. The highest BCUT2D eigenvalue weighted by atomic mass is 35.5. The molecule has 0 amide bonds. The minimum absolute atomic E-state index is 0.651. The van der Waals surface area contributed by atoms with E-state index in [1.165, 1.54) is 5.57 Å². The van der Waals surface area contributed by atoms with Gasteiger partial charge >= 0.3 is 0 Å². The Balaban J connectivity index is 2.43. The van der Waals surface area contributed by atoms with Crippen LogP contribution in [0.3, 0.4) is 0 Å². The van der Waals surface area contributed by atoms with Gasteiger partial charge < -0.3 is 0 Å². The summed E-state index contributed by atoms with van der Waals surface area (Å²) < 4.78 is 0. The highest BCUT2D eigenvalue weighted by Gasteiger charge is 2.10. The second-order valence-corrected chi connectivity index (χ2v) is 4.16. The standard InChI is InChI=1S/C11H9Cl2N/c1-7-4-11(14-6-7)9-3-2-8(12)5-10(9)13/h2-5H,6H2,1H3. The van der Waals surface area contributed by atoms with Crippen molar-refractivity contribution in [2.75, 3.05) is 6.54 Å². The van der Waals surface area contributed by atoms with Crippen LogP contribution in [0.25, 0.3) is 0 Å². The molecule has 1 aromatic rings. The predicted molar refractivity (Wildman–Crippen MR) is 61.6 cm³/mol. The van der Waals surface area contributed by atoms with Gasteiger partial charge in [0.2, 0.25) is 0 Å². The summed E-state index contributed by atoms with van der Waals surface area (Å²) in [6, 6.07) is 5.47. The first-order chi connectivity index (χ1) is 6.66. The average Bonchev–Trinajstić information content (AvgIpc) is 2.51. The van der Waals surface area contributed by atoms with E-state index in [0.29, 0.717) is 10.0 Å². The molecule has 1 heterocycles. The molecular weight excluding hydrogens is 217 g/mol. The van der Waals surface area contributed by atoms with Crippen LogP contribution in [0.4, 0.5) is 0 Å². The number of nitrogens with zero attached hydrogens (tertiary/aromatic N) is 1. The second-order valence-electron chi connectivity index (χ2n) is 3.32. The zero-order chi connectivity index (χ0) is 10.1. The smallest absolute Gasteiger partial charge is 0.0665 e. The molecule has 1 aliphatic heterocycles. The third kappa shape index (κ3) is 1.84. The Morgan fingerprint density at radius 3 is 2.64 bits per heavy atom. The number of aliphatic imine (C=N–C) groups is 1. The van der Waals surface area contributed by atoms with Crippen molar-refractivity contribution in [3.8, 4) is 0 Å². The highest BCUT2D eigenvalue weighted by molar-refractivity contribution is 6.37. The zero-order valence-electron chi connectivity index (χ0n) is 7.72. The summed E-state index contributed by atoms with van der Waals surface area (Å²) in [4.78, 5) is 4.37. The van der Waals surface area contributed by atoms with Crippen molar-refractivity contribution in [1.82, 2.24) is 0 Å². The number of benzene rings is 1. The molecule has 0 unspecified atom stereocenters. The molecule has 0 bridgehead atoms. The molecule has 0 atom stereocenters. The van der Waals surface area contributed by atoms with Crippen LogP contribution in [-0.2, 0) is 0 Å². The van der Waals surface area contributed by atoms with Crippen molar-refractivity contribution in [3.05, 3.63) is 45.5 Å². The van der Waals surface area contributed by atoms with Crippen LogP contribution in [0, 0.1) is 0 Å². The quantitative estimate of drug-likeness (QED) is 0.691. The van der Waals surface area contributed by atoms with E-state index < -0.39 is 0 Å². The van der Waals surface area contributed by atoms with Gasteiger partial charge in [0.15, 0.2) is 0 Å². The van der Waals surface area contributed by atoms with Crippen molar-refractivity contribution in [2.45, 2.75) is 6.92 Å². The van der Waals surface area contributed by atoms with Gasteiger partial charge in [-0.3, -0.25) is 4.99 Å². The minimum atomic E-state index is 0.651. The number of halogens is 2. The number of rotatable bonds is 1. The molecule has 0 aromatic heterocycles. The molecule has 14 heavy (non-hydrogen) atoms. The third-order valence-electron chi connectivity index (χ3n) is 2.09. The normalized spacial score (nSPS) is 15.4. The lowest BCUT2D eigenvalue weighted by molar-refractivity contribution is 1.18. The summed E-state index contributed by atoms with van der Waals surface area (Å²) in [5.74, 6) is 0. The first kappa shape index (κ1) is 9.75. The molecule has 0 fully saturated rings. The minimum Gasteiger partial charge on any atom is -0.280 e. The van der Waals surface area contributed by atoms with E-state index >= 15 is 0 Å². The Labute approximate surface area is 93.1 Å². The van der Waals surface area contributed by atoms with Crippen LogP contribution in [0.15, 0.2) is 34.8 Å². The summed E-state index contributed by atoms with van der Waals surface area (Å²) in [7, 11) is 0. The van der Waals surface area contributed by atoms with Crippen molar-refractivity contribution < 1.29 is 0 Å². The lowest BCUT2D eigenvalue weighted by Crippen LogP contribution is -1.94. The molecule has 1 aromatic carbocycles. The number of hydrogen-bond donors (Lipinski definition) is 0. The van der Waals surface area contributed by atoms with E-state index in [1.807, 2.05) is 12.1 Å². The molecule has 0 saturated carbocycles. The third-order valence-corrected chi connectivity index (χ3v) is 2.64. The van der Waals surface area contributed by atoms with Gasteiger partial charge in [-0.1, -0.05) is 23.2 Å². The summed E-state index contributed by atoms with van der Waals surface area (Å²) in [6.07, 6.45) is 2.05. The molecule has 0 spiro atoms. The predicted octanol–water partition coefficient (Wildman–Crippen LogP) is 3.74. The maximum Gasteiger partial charge on any atom is 0.0665 e. The summed E-state index contributed by atoms with van der Waals surface area (Å²) >= 11 is 11.9. The van der Waals surface area contributed by atoms with Crippen LogP contribution in [0.5, 0.6) is 0 Å².